The highest BCUT2D eigenvalue weighted by molar-refractivity contribution is 5.85. The number of ether oxygens (including phenoxy) is 3. The lowest BCUT2D eigenvalue weighted by Gasteiger charge is -2.31. The second-order valence-electron chi connectivity index (χ2n) is 5.74. The van der Waals surface area contributed by atoms with Gasteiger partial charge in [0.15, 0.2) is 11.5 Å². The maximum atomic E-state index is 5.42. The zero-order valence-corrected chi connectivity index (χ0v) is 14.9. The molecule has 22 heavy (non-hydrogen) atoms. The standard InChI is InChI=1S/C17H27NO3.ClH/c1-18(14-8-6-5-7-9-14)12-13-10-15(19-2)17(21-4)16(11-13)20-3;/h10-11,14H,5-9,12H2,1-4H3;1H. The van der Waals surface area contributed by atoms with Crippen LogP contribution in [0.3, 0.4) is 0 Å². The van der Waals surface area contributed by atoms with Crippen molar-refractivity contribution in [3.05, 3.63) is 17.7 Å². The highest BCUT2D eigenvalue weighted by Crippen LogP contribution is 2.38. The van der Waals surface area contributed by atoms with E-state index in [-0.39, 0.29) is 12.4 Å². The summed E-state index contributed by atoms with van der Waals surface area (Å²) in [4.78, 5) is 2.44. The van der Waals surface area contributed by atoms with Gasteiger partial charge in [0.25, 0.3) is 0 Å². The van der Waals surface area contributed by atoms with Crippen molar-refractivity contribution in [2.45, 2.75) is 44.7 Å². The Morgan fingerprint density at radius 1 is 0.955 bits per heavy atom. The molecule has 0 aliphatic heterocycles. The lowest BCUT2D eigenvalue weighted by Crippen LogP contribution is -2.32. The summed E-state index contributed by atoms with van der Waals surface area (Å²) in [5.74, 6) is 2.11. The molecule has 2 rings (SSSR count). The quantitative estimate of drug-likeness (QED) is 0.792. The summed E-state index contributed by atoms with van der Waals surface area (Å²) in [6, 6.07) is 4.78. The molecule has 0 N–H and O–H groups in total. The van der Waals surface area contributed by atoms with E-state index in [0.29, 0.717) is 11.8 Å². The molecule has 5 heteroatoms. The van der Waals surface area contributed by atoms with E-state index in [0.717, 1.165) is 18.0 Å². The lowest BCUT2D eigenvalue weighted by atomic mass is 9.94. The third-order valence-electron chi connectivity index (χ3n) is 4.35. The fourth-order valence-corrected chi connectivity index (χ4v) is 3.17. The Morgan fingerprint density at radius 2 is 1.50 bits per heavy atom. The van der Waals surface area contributed by atoms with Crippen LogP contribution in [-0.4, -0.2) is 39.3 Å². The van der Waals surface area contributed by atoms with Crippen molar-refractivity contribution in [3.8, 4) is 17.2 Å². The van der Waals surface area contributed by atoms with Crippen molar-refractivity contribution >= 4 is 12.4 Å². The van der Waals surface area contributed by atoms with Crippen molar-refractivity contribution in [3.63, 3.8) is 0 Å². The van der Waals surface area contributed by atoms with Crippen molar-refractivity contribution in [2.24, 2.45) is 0 Å². The molecule has 0 amide bonds. The maximum Gasteiger partial charge on any atom is 0.203 e. The molecule has 0 spiro atoms. The number of hydrogen-bond acceptors (Lipinski definition) is 4. The number of benzene rings is 1. The van der Waals surface area contributed by atoms with Crippen LogP contribution in [0.2, 0.25) is 0 Å². The molecule has 4 nitrogen and oxygen atoms in total. The predicted octanol–water partition coefficient (Wildman–Crippen LogP) is 3.90. The monoisotopic (exact) mass is 329 g/mol. The first-order valence-corrected chi connectivity index (χ1v) is 7.68. The molecule has 0 bridgehead atoms. The van der Waals surface area contributed by atoms with Crippen LogP contribution >= 0.6 is 12.4 Å². The molecule has 1 fully saturated rings. The van der Waals surface area contributed by atoms with Crippen LogP contribution in [0.15, 0.2) is 12.1 Å². The van der Waals surface area contributed by atoms with Crippen LogP contribution in [0, 0.1) is 0 Å². The molecule has 0 atom stereocenters. The molecule has 1 aliphatic rings. The van der Waals surface area contributed by atoms with Crippen LogP contribution in [0.1, 0.15) is 37.7 Å². The average Bonchev–Trinajstić information content (AvgIpc) is 2.54. The predicted molar refractivity (Wildman–Crippen MR) is 91.7 cm³/mol. The summed E-state index contributed by atoms with van der Waals surface area (Å²) < 4.78 is 16.2. The smallest absolute Gasteiger partial charge is 0.203 e. The number of halogens is 1. The van der Waals surface area contributed by atoms with E-state index in [4.69, 9.17) is 14.2 Å². The van der Waals surface area contributed by atoms with E-state index in [1.54, 1.807) is 21.3 Å². The molecule has 126 valence electrons. The van der Waals surface area contributed by atoms with Gasteiger partial charge in [-0.25, -0.2) is 0 Å². The molecular formula is C17H28ClNO3. The molecule has 0 unspecified atom stereocenters. The van der Waals surface area contributed by atoms with Gasteiger partial charge in [-0.2, -0.15) is 0 Å². The van der Waals surface area contributed by atoms with E-state index >= 15 is 0 Å². The van der Waals surface area contributed by atoms with E-state index in [2.05, 4.69) is 11.9 Å². The second-order valence-corrected chi connectivity index (χ2v) is 5.74. The van der Waals surface area contributed by atoms with Crippen LogP contribution < -0.4 is 14.2 Å². The molecule has 1 aliphatic carbocycles. The minimum Gasteiger partial charge on any atom is -0.493 e. The van der Waals surface area contributed by atoms with Crippen molar-refractivity contribution in [1.29, 1.82) is 0 Å². The Balaban J connectivity index is 0.00000242. The Morgan fingerprint density at radius 3 is 1.95 bits per heavy atom. The van der Waals surface area contributed by atoms with Crippen LogP contribution in [0.25, 0.3) is 0 Å². The third-order valence-corrected chi connectivity index (χ3v) is 4.35. The lowest BCUT2D eigenvalue weighted by molar-refractivity contribution is 0.184. The topological polar surface area (TPSA) is 30.9 Å². The number of nitrogens with zero attached hydrogens (tertiary/aromatic N) is 1. The Kier molecular flexibility index (Phi) is 7.83. The first-order chi connectivity index (χ1) is 10.2. The summed E-state index contributed by atoms with van der Waals surface area (Å²) in [6.45, 7) is 0.904. The molecule has 0 aromatic heterocycles. The largest absolute Gasteiger partial charge is 0.493 e. The fourth-order valence-electron chi connectivity index (χ4n) is 3.17. The van der Waals surface area contributed by atoms with Gasteiger partial charge in [-0.05, 0) is 37.6 Å². The van der Waals surface area contributed by atoms with E-state index < -0.39 is 0 Å². The highest BCUT2D eigenvalue weighted by Gasteiger charge is 2.19. The van der Waals surface area contributed by atoms with Crippen molar-refractivity contribution in [1.82, 2.24) is 4.90 Å². The van der Waals surface area contributed by atoms with Gasteiger partial charge in [0.2, 0.25) is 5.75 Å². The zero-order valence-electron chi connectivity index (χ0n) is 14.1. The van der Waals surface area contributed by atoms with Crippen LogP contribution in [0.5, 0.6) is 17.2 Å². The molecule has 0 radical (unpaired) electrons. The number of hydrogen-bond donors (Lipinski definition) is 0. The zero-order chi connectivity index (χ0) is 15.2. The Bertz CT molecular complexity index is 436. The third kappa shape index (κ3) is 4.43. The second kappa shape index (κ2) is 9.11. The molecule has 1 aromatic carbocycles. The van der Waals surface area contributed by atoms with Gasteiger partial charge in [-0.15, -0.1) is 12.4 Å². The average molecular weight is 330 g/mol. The fraction of sp³-hybridized carbons (Fsp3) is 0.647. The molecule has 0 saturated heterocycles. The van der Waals surface area contributed by atoms with Crippen LogP contribution in [-0.2, 0) is 6.54 Å². The van der Waals surface area contributed by atoms with Crippen molar-refractivity contribution in [2.75, 3.05) is 28.4 Å². The van der Waals surface area contributed by atoms with Gasteiger partial charge >= 0.3 is 0 Å². The van der Waals surface area contributed by atoms with E-state index in [1.807, 2.05) is 12.1 Å². The SMILES string of the molecule is COc1cc(CN(C)C2CCCCC2)cc(OC)c1OC.Cl. The summed E-state index contributed by atoms with van der Waals surface area (Å²) >= 11 is 0. The molecule has 0 heterocycles. The summed E-state index contributed by atoms with van der Waals surface area (Å²) in [6.07, 6.45) is 6.70. The first-order valence-electron chi connectivity index (χ1n) is 7.68. The Labute approximate surface area is 140 Å². The van der Waals surface area contributed by atoms with E-state index in [9.17, 15) is 0 Å². The van der Waals surface area contributed by atoms with Gasteiger partial charge in [0.05, 0.1) is 21.3 Å². The minimum atomic E-state index is 0. The number of rotatable bonds is 6. The van der Waals surface area contributed by atoms with Gasteiger partial charge in [-0.1, -0.05) is 19.3 Å². The van der Waals surface area contributed by atoms with Gasteiger partial charge < -0.3 is 14.2 Å². The maximum absolute atomic E-state index is 5.42. The number of methoxy groups -OCH3 is 3. The minimum absolute atomic E-state index is 0. The summed E-state index contributed by atoms with van der Waals surface area (Å²) in [5, 5.41) is 0. The van der Waals surface area contributed by atoms with E-state index in [1.165, 1.54) is 37.7 Å². The van der Waals surface area contributed by atoms with Gasteiger partial charge in [-0.3, -0.25) is 4.90 Å². The summed E-state index contributed by atoms with van der Waals surface area (Å²) in [5.41, 5.74) is 1.19. The normalized spacial score (nSPS) is 15.3. The molecule has 1 saturated carbocycles. The molecule has 1 aromatic rings. The van der Waals surface area contributed by atoms with Gasteiger partial charge in [0.1, 0.15) is 0 Å². The van der Waals surface area contributed by atoms with Crippen LogP contribution in [0.4, 0.5) is 0 Å². The first kappa shape index (κ1) is 18.9. The van der Waals surface area contributed by atoms with Gasteiger partial charge in [0, 0.05) is 12.6 Å². The highest BCUT2D eigenvalue weighted by atomic mass is 35.5. The van der Waals surface area contributed by atoms with Crippen molar-refractivity contribution < 1.29 is 14.2 Å². The Hall–Kier alpha value is -1.13. The molecular weight excluding hydrogens is 302 g/mol. The summed E-state index contributed by atoms with van der Waals surface area (Å²) in [7, 11) is 7.16.